The van der Waals surface area contributed by atoms with Crippen LogP contribution in [0.25, 0.3) is 0 Å². The molecule has 0 saturated carbocycles. The van der Waals surface area contributed by atoms with Crippen molar-refractivity contribution in [2.45, 2.75) is 20.5 Å². The lowest BCUT2D eigenvalue weighted by Gasteiger charge is -2.09. The average Bonchev–Trinajstić information content (AvgIpc) is 2.63. The van der Waals surface area contributed by atoms with Crippen LogP contribution in [0.15, 0.2) is 70.1 Å². The minimum absolute atomic E-state index is 0.0666. The molecule has 0 bridgehead atoms. The summed E-state index contributed by atoms with van der Waals surface area (Å²) in [7, 11) is 0. The van der Waals surface area contributed by atoms with Crippen molar-refractivity contribution in [3.05, 3.63) is 93.5 Å². The van der Waals surface area contributed by atoms with Gasteiger partial charge in [-0.05, 0) is 31.0 Å². The molecule has 26 heavy (non-hydrogen) atoms. The molecule has 0 atom stereocenters. The van der Waals surface area contributed by atoms with E-state index in [-0.39, 0.29) is 18.1 Å². The van der Waals surface area contributed by atoms with Crippen LogP contribution in [0.3, 0.4) is 0 Å². The Hall–Kier alpha value is -3.34. The molecule has 1 N–H and O–H groups in total. The van der Waals surface area contributed by atoms with Crippen LogP contribution >= 0.6 is 0 Å². The van der Waals surface area contributed by atoms with Gasteiger partial charge in [-0.15, -0.1) is 0 Å². The molecule has 0 unspecified atom stereocenters. The molecule has 3 rings (SSSR count). The zero-order valence-corrected chi connectivity index (χ0v) is 14.6. The molecule has 5 nitrogen and oxygen atoms in total. The number of hydrogen-bond donors (Lipinski definition) is 1. The molecule has 1 heterocycles. The van der Waals surface area contributed by atoms with Gasteiger partial charge in [0.15, 0.2) is 5.76 Å². The molecule has 0 aliphatic heterocycles. The number of amides is 1. The smallest absolute Gasteiger partial charge is 0.291 e. The fraction of sp³-hybridized carbons (Fsp3) is 0.143. The fourth-order valence-electron chi connectivity index (χ4n) is 2.50. The predicted octanol–water partition coefficient (Wildman–Crippen LogP) is 4.09. The highest BCUT2D eigenvalue weighted by Gasteiger charge is 2.13. The van der Waals surface area contributed by atoms with E-state index >= 15 is 0 Å². The summed E-state index contributed by atoms with van der Waals surface area (Å²) in [5.41, 5.74) is 3.24. The number of ether oxygens (including phenoxy) is 1. The summed E-state index contributed by atoms with van der Waals surface area (Å²) < 4.78 is 10.8. The van der Waals surface area contributed by atoms with Crippen LogP contribution in [0.1, 0.15) is 27.2 Å². The fourth-order valence-corrected chi connectivity index (χ4v) is 2.50. The summed E-state index contributed by atoms with van der Waals surface area (Å²) in [6, 6.07) is 16.3. The Bertz CT molecular complexity index is 977. The van der Waals surface area contributed by atoms with E-state index in [0.29, 0.717) is 5.69 Å². The zero-order chi connectivity index (χ0) is 18.5. The number of anilines is 1. The molecule has 1 amide bonds. The topological polar surface area (TPSA) is 68.5 Å². The maximum Gasteiger partial charge on any atom is 0.291 e. The third-order valence-electron chi connectivity index (χ3n) is 3.89. The summed E-state index contributed by atoms with van der Waals surface area (Å²) in [6.45, 7) is 4.13. The van der Waals surface area contributed by atoms with E-state index in [1.54, 1.807) is 0 Å². The number of benzene rings is 2. The van der Waals surface area contributed by atoms with Crippen LogP contribution in [0.4, 0.5) is 5.69 Å². The van der Waals surface area contributed by atoms with Crippen molar-refractivity contribution in [2.24, 2.45) is 0 Å². The lowest BCUT2D eigenvalue weighted by molar-refractivity contribution is 0.0993. The molecular formula is C21H19NO4. The first-order chi connectivity index (χ1) is 12.5. The van der Waals surface area contributed by atoms with Crippen LogP contribution in [0, 0.1) is 13.8 Å². The van der Waals surface area contributed by atoms with Gasteiger partial charge in [0, 0.05) is 11.8 Å². The van der Waals surface area contributed by atoms with Gasteiger partial charge in [0.2, 0.25) is 11.2 Å². The first-order valence-corrected chi connectivity index (χ1v) is 8.21. The van der Waals surface area contributed by atoms with E-state index in [1.165, 1.54) is 6.26 Å². The molecule has 2 aromatic carbocycles. The van der Waals surface area contributed by atoms with Gasteiger partial charge in [-0.25, -0.2) is 0 Å². The Labute approximate surface area is 151 Å². The Morgan fingerprint density at radius 1 is 1.08 bits per heavy atom. The molecule has 0 spiro atoms. The number of carbonyl (C=O) groups is 1. The molecule has 0 fully saturated rings. The van der Waals surface area contributed by atoms with Gasteiger partial charge in [0.25, 0.3) is 5.91 Å². The van der Waals surface area contributed by atoms with Crippen molar-refractivity contribution in [2.75, 3.05) is 5.32 Å². The standard InChI is InChI=1S/C21H19NO4/c1-14-8-9-17(15(2)10-14)22-21(24)19-11-18(23)20(13-26-19)25-12-16-6-4-3-5-7-16/h3-11,13H,12H2,1-2H3,(H,22,24). The first kappa shape index (κ1) is 17.5. The lowest BCUT2D eigenvalue weighted by atomic mass is 10.1. The van der Waals surface area contributed by atoms with E-state index < -0.39 is 11.3 Å². The van der Waals surface area contributed by atoms with Gasteiger partial charge in [-0.1, -0.05) is 48.0 Å². The minimum atomic E-state index is -0.483. The number of nitrogens with one attached hydrogen (secondary N) is 1. The number of carbonyl (C=O) groups excluding carboxylic acids is 1. The highest BCUT2D eigenvalue weighted by atomic mass is 16.5. The molecule has 0 radical (unpaired) electrons. The lowest BCUT2D eigenvalue weighted by Crippen LogP contribution is -2.16. The Kier molecular flexibility index (Phi) is 5.17. The van der Waals surface area contributed by atoms with Crippen LogP contribution in [-0.4, -0.2) is 5.91 Å². The number of hydrogen-bond acceptors (Lipinski definition) is 4. The maximum atomic E-state index is 12.3. The highest BCUT2D eigenvalue weighted by molar-refractivity contribution is 6.02. The van der Waals surface area contributed by atoms with Gasteiger partial charge in [-0.3, -0.25) is 9.59 Å². The molecule has 0 aliphatic rings. The van der Waals surface area contributed by atoms with Crippen LogP contribution < -0.4 is 15.5 Å². The van der Waals surface area contributed by atoms with Gasteiger partial charge in [-0.2, -0.15) is 0 Å². The van der Waals surface area contributed by atoms with Crippen molar-refractivity contribution < 1.29 is 13.9 Å². The predicted molar refractivity (Wildman–Crippen MR) is 99.6 cm³/mol. The Balaban J connectivity index is 1.70. The van der Waals surface area contributed by atoms with Crippen LogP contribution in [0.2, 0.25) is 0 Å². The minimum Gasteiger partial charge on any atom is -0.482 e. The van der Waals surface area contributed by atoms with E-state index in [1.807, 2.05) is 62.4 Å². The zero-order valence-electron chi connectivity index (χ0n) is 14.6. The van der Waals surface area contributed by atoms with Crippen molar-refractivity contribution in [3.8, 4) is 5.75 Å². The van der Waals surface area contributed by atoms with Crippen molar-refractivity contribution in [3.63, 3.8) is 0 Å². The van der Waals surface area contributed by atoms with Gasteiger partial charge in [0.1, 0.15) is 12.9 Å². The molecule has 1 aromatic heterocycles. The Morgan fingerprint density at radius 2 is 1.85 bits per heavy atom. The second-order valence-corrected chi connectivity index (χ2v) is 6.02. The summed E-state index contributed by atoms with van der Waals surface area (Å²) >= 11 is 0. The third-order valence-corrected chi connectivity index (χ3v) is 3.89. The van der Waals surface area contributed by atoms with Gasteiger partial charge < -0.3 is 14.5 Å². The van der Waals surface area contributed by atoms with E-state index in [0.717, 1.165) is 22.8 Å². The second-order valence-electron chi connectivity index (χ2n) is 6.02. The quantitative estimate of drug-likeness (QED) is 0.753. The largest absolute Gasteiger partial charge is 0.482 e. The molecule has 5 heteroatoms. The molecule has 3 aromatic rings. The van der Waals surface area contributed by atoms with Crippen LogP contribution in [0.5, 0.6) is 5.75 Å². The van der Waals surface area contributed by atoms with Gasteiger partial charge >= 0.3 is 0 Å². The SMILES string of the molecule is Cc1ccc(NC(=O)c2cc(=O)c(OCc3ccccc3)co2)c(C)c1. The summed E-state index contributed by atoms with van der Waals surface area (Å²) in [6.07, 6.45) is 1.17. The van der Waals surface area contributed by atoms with Crippen LogP contribution in [-0.2, 0) is 6.61 Å². The summed E-state index contributed by atoms with van der Waals surface area (Å²) in [5.74, 6) is -0.484. The monoisotopic (exact) mass is 349 g/mol. The summed E-state index contributed by atoms with van der Waals surface area (Å²) in [4.78, 5) is 24.5. The maximum absolute atomic E-state index is 12.3. The van der Waals surface area contributed by atoms with Gasteiger partial charge in [0.05, 0.1) is 0 Å². The first-order valence-electron chi connectivity index (χ1n) is 8.21. The van der Waals surface area contributed by atoms with E-state index in [9.17, 15) is 9.59 Å². The van der Waals surface area contributed by atoms with Crippen molar-refractivity contribution >= 4 is 11.6 Å². The third kappa shape index (κ3) is 4.19. The normalized spacial score (nSPS) is 10.4. The van der Waals surface area contributed by atoms with Crippen molar-refractivity contribution in [1.29, 1.82) is 0 Å². The summed E-state index contributed by atoms with van der Waals surface area (Å²) in [5, 5.41) is 2.75. The van der Waals surface area contributed by atoms with E-state index in [4.69, 9.17) is 9.15 Å². The highest BCUT2D eigenvalue weighted by Crippen LogP contribution is 2.17. The number of rotatable bonds is 5. The Morgan fingerprint density at radius 3 is 2.54 bits per heavy atom. The average molecular weight is 349 g/mol. The molecular weight excluding hydrogens is 330 g/mol. The molecule has 132 valence electrons. The molecule has 0 saturated heterocycles. The van der Waals surface area contributed by atoms with Crippen molar-refractivity contribution in [1.82, 2.24) is 0 Å². The molecule has 0 aliphatic carbocycles. The number of aryl methyl sites for hydroxylation is 2. The second kappa shape index (κ2) is 7.70. The van der Waals surface area contributed by atoms with E-state index in [2.05, 4.69) is 5.32 Å².